The van der Waals surface area contributed by atoms with Crippen molar-refractivity contribution in [2.75, 3.05) is 4.90 Å². The number of hydrogen-bond donors (Lipinski definition) is 0. The fourth-order valence-electron chi connectivity index (χ4n) is 2.93. The number of anilines is 2. The maximum absolute atomic E-state index is 13.8. The van der Waals surface area contributed by atoms with Crippen LogP contribution < -0.4 is 4.90 Å². The number of fused-ring (bicyclic) bond motifs is 1. The van der Waals surface area contributed by atoms with Crippen LogP contribution >= 0.6 is 11.6 Å². The van der Waals surface area contributed by atoms with Crippen molar-refractivity contribution in [3.05, 3.63) is 59.4 Å². The zero-order valence-corrected chi connectivity index (χ0v) is 12.2. The zero-order valence-electron chi connectivity index (χ0n) is 11.4. The number of nitrogens with zero attached hydrogens (tertiary/aromatic N) is 1. The van der Waals surface area contributed by atoms with Crippen LogP contribution in [0.1, 0.15) is 24.5 Å². The van der Waals surface area contributed by atoms with E-state index in [0.717, 1.165) is 24.1 Å². The van der Waals surface area contributed by atoms with E-state index < -0.39 is 0 Å². The largest absolute Gasteiger partial charge is 0.338 e. The Morgan fingerprint density at radius 1 is 1.25 bits per heavy atom. The van der Waals surface area contributed by atoms with Crippen molar-refractivity contribution < 1.29 is 4.39 Å². The van der Waals surface area contributed by atoms with Gasteiger partial charge in [0.25, 0.3) is 0 Å². The molecule has 0 saturated carbocycles. The van der Waals surface area contributed by atoms with Crippen LogP contribution in [0.25, 0.3) is 0 Å². The molecule has 3 heteroatoms. The molecule has 3 rings (SSSR count). The first-order valence-electron chi connectivity index (χ1n) is 6.91. The Balaban J connectivity index is 2.11. The van der Waals surface area contributed by atoms with Crippen molar-refractivity contribution in [1.29, 1.82) is 0 Å². The molecule has 0 amide bonds. The second kappa shape index (κ2) is 5.45. The summed E-state index contributed by atoms with van der Waals surface area (Å²) < 4.78 is 13.8. The minimum atomic E-state index is -0.228. The molecule has 1 aliphatic rings. The van der Waals surface area contributed by atoms with Crippen LogP contribution in [-0.4, -0.2) is 6.04 Å². The Kier molecular flexibility index (Phi) is 3.66. The molecule has 1 nitrogen and oxygen atoms in total. The van der Waals surface area contributed by atoms with Crippen molar-refractivity contribution in [1.82, 2.24) is 0 Å². The van der Waals surface area contributed by atoms with Crippen molar-refractivity contribution in [3.63, 3.8) is 0 Å². The van der Waals surface area contributed by atoms with Crippen molar-refractivity contribution in [2.45, 2.75) is 31.7 Å². The molecule has 0 bridgehead atoms. The maximum atomic E-state index is 13.8. The molecule has 1 heterocycles. The first kappa shape index (κ1) is 13.4. The minimum absolute atomic E-state index is 0.228. The van der Waals surface area contributed by atoms with Gasteiger partial charge in [-0.1, -0.05) is 18.2 Å². The highest BCUT2D eigenvalue weighted by Crippen LogP contribution is 2.37. The quantitative estimate of drug-likeness (QED) is 0.700. The predicted octanol–water partition coefficient (Wildman–Crippen LogP) is 5.04. The van der Waals surface area contributed by atoms with Gasteiger partial charge in [0.2, 0.25) is 0 Å². The molecule has 1 unspecified atom stereocenters. The average molecular weight is 290 g/mol. The van der Waals surface area contributed by atoms with E-state index >= 15 is 0 Å². The van der Waals surface area contributed by atoms with Gasteiger partial charge in [0.05, 0.1) is 0 Å². The van der Waals surface area contributed by atoms with Gasteiger partial charge in [0.15, 0.2) is 0 Å². The van der Waals surface area contributed by atoms with Crippen LogP contribution in [0.4, 0.5) is 15.8 Å². The molecule has 0 aliphatic carbocycles. The summed E-state index contributed by atoms with van der Waals surface area (Å²) in [6.45, 7) is 2.18. The molecule has 0 saturated heterocycles. The Morgan fingerprint density at radius 2 is 2.05 bits per heavy atom. The van der Waals surface area contributed by atoms with E-state index in [0.29, 0.717) is 11.9 Å². The van der Waals surface area contributed by atoms with Crippen LogP contribution in [0.5, 0.6) is 0 Å². The number of alkyl halides is 1. The van der Waals surface area contributed by atoms with Crippen molar-refractivity contribution >= 4 is 23.0 Å². The molecule has 0 radical (unpaired) electrons. The fraction of sp³-hybridized carbons (Fsp3) is 0.294. The number of halogens is 2. The Morgan fingerprint density at radius 3 is 2.85 bits per heavy atom. The van der Waals surface area contributed by atoms with Gasteiger partial charge in [-0.05, 0) is 55.2 Å². The molecule has 2 aromatic rings. The molecular formula is C17H17ClFN. The Bertz CT molecular complexity index is 626. The SMILES string of the molecule is CC1CCc2ccccc2N1c1cc(F)cc(CCl)c1. The Labute approximate surface area is 124 Å². The number of rotatable bonds is 2. The molecule has 104 valence electrons. The number of aryl methyl sites for hydroxylation is 1. The molecule has 1 aliphatic heterocycles. The highest BCUT2D eigenvalue weighted by molar-refractivity contribution is 6.17. The van der Waals surface area contributed by atoms with E-state index in [1.807, 2.05) is 12.1 Å². The second-order valence-electron chi connectivity index (χ2n) is 5.34. The minimum Gasteiger partial charge on any atom is -0.338 e. The summed E-state index contributed by atoms with van der Waals surface area (Å²) in [5, 5.41) is 0. The van der Waals surface area contributed by atoms with Crippen molar-refractivity contribution in [3.8, 4) is 0 Å². The van der Waals surface area contributed by atoms with E-state index in [1.54, 1.807) is 6.07 Å². The van der Waals surface area contributed by atoms with Gasteiger partial charge >= 0.3 is 0 Å². The number of benzene rings is 2. The van der Waals surface area contributed by atoms with Crippen molar-refractivity contribution in [2.24, 2.45) is 0 Å². The highest BCUT2D eigenvalue weighted by Gasteiger charge is 2.24. The summed E-state index contributed by atoms with van der Waals surface area (Å²) in [4.78, 5) is 2.22. The van der Waals surface area contributed by atoms with Gasteiger partial charge in [0, 0.05) is 23.3 Å². The number of hydrogen-bond acceptors (Lipinski definition) is 1. The van der Waals surface area contributed by atoms with Crippen LogP contribution in [-0.2, 0) is 12.3 Å². The lowest BCUT2D eigenvalue weighted by atomic mass is 9.95. The normalized spacial score (nSPS) is 17.9. The maximum Gasteiger partial charge on any atom is 0.125 e. The highest BCUT2D eigenvalue weighted by atomic mass is 35.5. The smallest absolute Gasteiger partial charge is 0.125 e. The standard InChI is InChI=1S/C17H17ClFN/c1-12-6-7-14-4-2-3-5-17(14)20(12)16-9-13(11-18)8-15(19)10-16/h2-5,8-10,12H,6-7,11H2,1H3. The van der Waals surface area contributed by atoms with Crippen LogP contribution in [0.15, 0.2) is 42.5 Å². The zero-order chi connectivity index (χ0) is 14.1. The summed E-state index contributed by atoms with van der Waals surface area (Å²) >= 11 is 5.86. The monoisotopic (exact) mass is 289 g/mol. The first-order chi connectivity index (χ1) is 9.69. The van der Waals surface area contributed by atoms with Crippen LogP contribution in [0, 0.1) is 5.82 Å². The Hall–Kier alpha value is -1.54. The third-order valence-electron chi connectivity index (χ3n) is 3.90. The van der Waals surface area contributed by atoms with E-state index in [4.69, 9.17) is 11.6 Å². The molecule has 1 atom stereocenters. The predicted molar refractivity (Wildman–Crippen MR) is 82.3 cm³/mol. The van der Waals surface area contributed by atoms with E-state index in [-0.39, 0.29) is 5.82 Å². The molecule has 20 heavy (non-hydrogen) atoms. The van der Waals surface area contributed by atoms with Gasteiger partial charge in [-0.25, -0.2) is 4.39 Å². The van der Waals surface area contributed by atoms with Gasteiger partial charge in [-0.3, -0.25) is 0 Å². The molecular weight excluding hydrogens is 273 g/mol. The third-order valence-corrected chi connectivity index (χ3v) is 4.21. The lowest BCUT2D eigenvalue weighted by molar-refractivity contribution is 0.607. The van der Waals surface area contributed by atoms with E-state index in [9.17, 15) is 4.39 Å². The average Bonchev–Trinajstić information content (AvgIpc) is 2.46. The molecule has 0 spiro atoms. The molecule has 2 aromatic carbocycles. The lowest BCUT2D eigenvalue weighted by Crippen LogP contribution is -2.33. The summed E-state index contributed by atoms with van der Waals surface area (Å²) in [6, 6.07) is 13.8. The topological polar surface area (TPSA) is 3.24 Å². The molecule has 0 aromatic heterocycles. The van der Waals surface area contributed by atoms with E-state index in [2.05, 4.69) is 30.0 Å². The van der Waals surface area contributed by atoms with Crippen LogP contribution in [0.2, 0.25) is 0 Å². The summed E-state index contributed by atoms with van der Waals surface area (Å²) in [7, 11) is 0. The van der Waals surface area contributed by atoms with Gasteiger partial charge in [-0.2, -0.15) is 0 Å². The third kappa shape index (κ3) is 2.40. The lowest BCUT2D eigenvalue weighted by Gasteiger charge is -2.37. The first-order valence-corrected chi connectivity index (χ1v) is 7.45. The fourth-order valence-corrected chi connectivity index (χ4v) is 3.09. The summed E-state index contributed by atoms with van der Waals surface area (Å²) in [5.41, 5.74) is 4.21. The second-order valence-corrected chi connectivity index (χ2v) is 5.60. The number of para-hydroxylation sites is 1. The summed E-state index contributed by atoms with van der Waals surface area (Å²) in [5.74, 6) is 0.0997. The molecule has 0 N–H and O–H groups in total. The summed E-state index contributed by atoms with van der Waals surface area (Å²) in [6.07, 6.45) is 2.15. The van der Waals surface area contributed by atoms with Gasteiger partial charge in [-0.15, -0.1) is 11.6 Å². The van der Waals surface area contributed by atoms with E-state index in [1.165, 1.54) is 17.3 Å². The van der Waals surface area contributed by atoms with Gasteiger partial charge in [0.1, 0.15) is 5.82 Å². The van der Waals surface area contributed by atoms with Crippen LogP contribution in [0.3, 0.4) is 0 Å². The molecule has 0 fully saturated rings. The van der Waals surface area contributed by atoms with Gasteiger partial charge < -0.3 is 4.90 Å².